The predicted octanol–water partition coefficient (Wildman–Crippen LogP) is 6.43. The summed E-state index contributed by atoms with van der Waals surface area (Å²) in [4.78, 5) is 13.2. The highest BCUT2D eigenvalue weighted by molar-refractivity contribution is 6.31. The number of benzene rings is 3. The monoisotopic (exact) mass is 366 g/mol. The summed E-state index contributed by atoms with van der Waals surface area (Å²) < 4.78 is 6.11. The zero-order valence-electron chi connectivity index (χ0n) is 13.0. The van der Waals surface area contributed by atoms with Gasteiger partial charge in [0.15, 0.2) is 0 Å². The minimum Gasteiger partial charge on any atom is -0.455 e. The first kappa shape index (κ1) is 15.9. The second-order valence-electron chi connectivity index (χ2n) is 5.65. The van der Waals surface area contributed by atoms with Gasteiger partial charge in [0.1, 0.15) is 11.3 Å². The van der Waals surface area contributed by atoms with Crippen LogP contribution in [0.3, 0.4) is 0 Å². The molecule has 0 saturated carbocycles. The van der Waals surface area contributed by atoms with Crippen LogP contribution in [0.2, 0.25) is 10.0 Å². The molecule has 0 saturated heterocycles. The van der Waals surface area contributed by atoms with Crippen molar-refractivity contribution < 1.29 is 4.42 Å². The van der Waals surface area contributed by atoms with Crippen molar-refractivity contribution in [1.29, 1.82) is 0 Å². The lowest BCUT2D eigenvalue weighted by atomic mass is 9.98. The van der Waals surface area contributed by atoms with Crippen LogP contribution in [0, 0.1) is 0 Å². The van der Waals surface area contributed by atoms with Gasteiger partial charge in [0, 0.05) is 15.6 Å². The molecule has 25 heavy (non-hydrogen) atoms. The maximum absolute atomic E-state index is 13.2. The van der Waals surface area contributed by atoms with E-state index in [0.29, 0.717) is 32.3 Å². The number of hydrogen-bond acceptors (Lipinski definition) is 2. The van der Waals surface area contributed by atoms with Crippen LogP contribution in [-0.4, -0.2) is 0 Å². The second kappa shape index (κ2) is 6.40. The van der Waals surface area contributed by atoms with E-state index in [2.05, 4.69) is 0 Å². The molecule has 3 aromatic carbocycles. The highest BCUT2D eigenvalue weighted by Gasteiger charge is 2.18. The third-order valence-corrected chi connectivity index (χ3v) is 4.51. The molecule has 0 amide bonds. The van der Waals surface area contributed by atoms with Gasteiger partial charge in [-0.05, 0) is 48.0 Å². The molecule has 4 heteroatoms. The van der Waals surface area contributed by atoms with E-state index in [4.69, 9.17) is 27.6 Å². The number of halogens is 2. The Kier molecular flexibility index (Phi) is 4.08. The van der Waals surface area contributed by atoms with Crippen LogP contribution >= 0.6 is 23.2 Å². The van der Waals surface area contributed by atoms with Crippen LogP contribution in [0.1, 0.15) is 0 Å². The van der Waals surface area contributed by atoms with E-state index in [9.17, 15) is 4.79 Å². The van der Waals surface area contributed by atoms with Gasteiger partial charge in [-0.2, -0.15) is 0 Å². The Morgan fingerprint density at radius 3 is 2.12 bits per heavy atom. The molecule has 0 bridgehead atoms. The SMILES string of the molecule is O=c1c(-c2ccccc2)c(-c2ccc(Cl)cc2)oc2ccc(Cl)cc12. The summed E-state index contributed by atoms with van der Waals surface area (Å²) in [6.45, 7) is 0. The van der Waals surface area contributed by atoms with Crippen LogP contribution in [0.25, 0.3) is 33.4 Å². The third-order valence-electron chi connectivity index (χ3n) is 4.02. The molecule has 0 aliphatic carbocycles. The minimum absolute atomic E-state index is 0.111. The van der Waals surface area contributed by atoms with Crippen LogP contribution in [-0.2, 0) is 0 Å². The van der Waals surface area contributed by atoms with Gasteiger partial charge in [-0.15, -0.1) is 0 Å². The van der Waals surface area contributed by atoms with Gasteiger partial charge in [-0.1, -0.05) is 53.5 Å². The molecule has 4 rings (SSSR count). The summed E-state index contributed by atoms with van der Waals surface area (Å²) in [5.41, 5.74) is 2.48. The van der Waals surface area contributed by atoms with Crippen molar-refractivity contribution in [2.24, 2.45) is 0 Å². The largest absolute Gasteiger partial charge is 0.455 e. The van der Waals surface area contributed by atoms with E-state index in [-0.39, 0.29) is 5.43 Å². The minimum atomic E-state index is -0.111. The molecule has 122 valence electrons. The normalized spacial score (nSPS) is 11.0. The molecule has 1 heterocycles. The van der Waals surface area contributed by atoms with Crippen LogP contribution < -0.4 is 5.43 Å². The van der Waals surface area contributed by atoms with Crippen molar-refractivity contribution in [2.75, 3.05) is 0 Å². The van der Waals surface area contributed by atoms with E-state index in [1.165, 1.54) is 0 Å². The Morgan fingerprint density at radius 1 is 0.720 bits per heavy atom. The smallest absolute Gasteiger partial charge is 0.201 e. The molecule has 0 N–H and O–H groups in total. The third kappa shape index (κ3) is 2.95. The summed E-state index contributed by atoms with van der Waals surface area (Å²) in [6.07, 6.45) is 0. The van der Waals surface area contributed by atoms with Gasteiger partial charge >= 0.3 is 0 Å². The van der Waals surface area contributed by atoms with Crippen molar-refractivity contribution in [3.05, 3.63) is 93.1 Å². The highest BCUT2D eigenvalue weighted by Crippen LogP contribution is 2.33. The van der Waals surface area contributed by atoms with Gasteiger partial charge in [0.2, 0.25) is 5.43 Å². The lowest BCUT2D eigenvalue weighted by Crippen LogP contribution is -2.07. The summed E-state index contributed by atoms with van der Waals surface area (Å²) in [7, 11) is 0. The lowest BCUT2D eigenvalue weighted by molar-refractivity contribution is 0.621. The molecule has 0 aliphatic heterocycles. The molecule has 0 fully saturated rings. The predicted molar refractivity (Wildman–Crippen MR) is 103 cm³/mol. The zero-order chi connectivity index (χ0) is 17.4. The Morgan fingerprint density at radius 2 is 1.40 bits per heavy atom. The molecule has 2 nitrogen and oxygen atoms in total. The van der Waals surface area contributed by atoms with Crippen molar-refractivity contribution >= 4 is 34.2 Å². The highest BCUT2D eigenvalue weighted by atomic mass is 35.5. The quantitative estimate of drug-likeness (QED) is 0.408. The van der Waals surface area contributed by atoms with E-state index >= 15 is 0 Å². The van der Waals surface area contributed by atoms with Crippen molar-refractivity contribution in [2.45, 2.75) is 0 Å². The van der Waals surface area contributed by atoms with Gasteiger partial charge in [-0.25, -0.2) is 0 Å². The molecular formula is C21H12Cl2O2. The van der Waals surface area contributed by atoms with Crippen molar-refractivity contribution in [1.82, 2.24) is 0 Å². The van der Waals surface area contributed by atoms with Gasteiger partial charge in [0.25, 0.3) is 0 Å². The van der Waals surface area contributed by atoms with Crippen molar-refractivity contribution in [3.63, 3.8) is 0 Å². The standard InChI is InChI=1S/C21H12Cl2O2/c22-15-8-6-14(7-9-15)21-19(13-4-2-1-3-5-13)20(24)17-12-16(23)10-11-18(17)25-21/h1-12H. The van der Waals surface area contributed by atoms with E-state index in [0.717, 1.165) is 11.1 Å². The van der Waals surface area contributed by atoms with E-state index in [1.54, 1.807) is 30.3 Å². The topological polar surface area (TPSA) is 30.2 Å². The molecule has 0 radical (unpaired) electrons. The van der Waals surface area contributed by atoms with Crippen molar-refractivity contribution in [3.8, 4) is 22.5 Å². The first-order valence-corrected chi connectivity index (χ1v) is 8.47. The Balaban J connectivity index is 2.11. The second-order valence-corrected chi connectivity index (χ2v) is 6.52. The molecule has 0 atom stereocenters. The van der Waals surface area contributed by atoms with E-state index < -0.39 is 0 Å². The van der Waals surface area contributed by atoms with Gasteiger partial charge in [0.05, 0.1) is 10.9 Å². The average Bonchev–Trinajstić information content (AvgIpc) is 2.63. The molecule has 1 aromatic heterocycles. The van der Waals surface area contributed by atoms with Crippen LogP contribution in [0.15, 0.2) is 82.0 Å². The molecule has 0 aliphatic rings. The fourth-order valence-corrected chi connectivity index (χ4v) is 3.14. The number of hydrogen-bond donors (Lipinski definition) is 0. The summed E-state index contributed by atoms with van der Waals surface area (Å²) >= 11 is 12.1. The first-order chi connectivity index (χ1) is 12.1. The van der Waals surface area contributed by atoms with Gasteiger partial charge < -0.3 is 4.42 Å². The first-order valence-electron chi connectivity index (χ1n) is 7.71. The van der Waals surface area contributed by atoms with Gasteiger partial charge in [-0.3, -0.25) is 4.79 Å². The molecular weight excluding hydrogens is 355 g/mol. The summed E-state index contributed by atoms with van der Waals surface area (Å²) in [5.74, 6) is 0.516. The maximum Gasteiger partial charge on any atom is 0.201 e. The maximum atomic E-state index is 13.2. The average molecular weight is 367 g/mol. The Bertz CT molecular complexity index is 1110. The summed E-state index contributed by atoms with van der Waals surface area (Å²) in [6, 6.07) is 21.8. The summed E-state index contributed by atoms with van der Waals surface area (Å²) in [5, 5.41) is 1.59. The fraction of sp³-hybridized carbons (Fsp3) is 0. The Hall–Kier alpha value is -2.55. The van der Waals surface area contributed by atoms with E-state index in [1.807, 2.05) is 42.5 Å². The molecule has 4 aromatic rings. The molecule has 0 unspecified atom stereocenters. The number of rotatable bonds is 2. The number of fused-ring (bicyclic) bond motifs is 1. The fourth-order valence-electron chi connectivity index (χ4n) is 2.84. The molecule has 0 spiro atoms. The van der Waals surface area contributed by atoms with Crippen LogP contribution in [0.4, 0.5) is 0 Å². The Labute approximate surface area is 154 Å². The van der Waals surface area contributed by atoms with Crippen LogP contribution in [0.5, 0.6) is 0 Å². The lowest BCUT2D eigenvalue weighted by Gasteiger charge is -2.11. The zero-order valence-corrected chi connectivity index (χ0v) is 14.5.